The van der Waals surface area contributed by atoms with Gasteiger partial charge in [0.05, 0.1) is 6.54 Å². The van der Waals surface area contributed by atoms with Gasteiger partial charge in [0, 0.05) is 24.7 Å². The van der Waals surface area contributed by atoms with Crippen molar-refractivity contribution in [3.63, 3.8) is 0 Å². The number of rotatable bonds is 4. The summed E-state index contributed by atoms with van der Waals surface area (Å²) in [6.45, 7) is 6.70. The molecule has 0 radical (unpaired) electrons. The van der Waals surface area contributed by atoms with Crippen LogP contribution in [-0.2, 0) is 0 Å². The molecule has 1 saturated heterocycles. The van der Waals surface area contributed by atoms with Gasteiger partial charge in [0.2, 0.25) is 0 Å². The average Bonchev–Trinajstić information content (AvgIpc) is 2.39. The third kappa shape index (κ3) is 3.68. The van der Waals surface area contributed by atoms with Crippen LogP contribution in [0.2, 0.25) is 0 Å². The second-order valence-electron chi connectivity index (χ2n) is 6.21. The van der Waals surface area contributed by atoms with Crippen LogP contribution in [0.25, 0.3) is 0 Å². The van der Waals surface area contributed by atoms with E-state index in [9.17, 15) is 4.79 Å². The number of ketones is 1. The maximum absolute atomic E-state index is 12.4. The zero-order valence-corrected chi connectivity index (χ0v) is 13.1. The first-order valence-corrected chi connectivity index (χ1v) is 7.46. The van der Waals surface area contributed by atoms with Crippen LogP contribution in [-0.4, -0.2) is 55.4 Å². The van der Waals surface area contributed by atoms with Crippen molar-refractivity contribution >= 4 is 5.78 Å². The highest BCUT2D eigenvalue weighted by Gasteiger charge is 2.22. The number of Topliss-reactive ketones (excluding diaryl/α,β-unsaturated/α-hetero) is 1. The quantitative estimate of drug-likeness (QED) is 0.788. The minimum Gasteiger partial charge on any atom is -0.306 e. The van der Waals surface area contributed by atoms with E-state index in [0.29, 0.717) is 12.6 Å². The molecule has 0 atom stereocenters. The molecule has 1 aromatic carbocycles. The number of nitrogens with zero attached hydrogens (tertiary/aromatic N) is 2. The van der Waals surface area contributed by atoms with Gasteiger partial charge in [-0.15, -0.1) is 0 Å². The molecule has 0 bridgehead atoms. The van der Waals surface area contributed by atoms with E-state index in [1.54, 1.807) is 0 Å². The topological polar surface area (TPSA) is 23.6 Å². The van der Waals surface area contributed by atoms with Gasteiger partial charge in [0.15, 0.2) is 5.78 Å². The van der Waals surface area contributed by atoms with Crippen molar-refractivity contribution in [2.75, 3.05) is 33.7 Å². The fourth-order valence-electron chi connectivity index (χ4n) is 3.01. The molecule has 110 valence electrons. The molecule has 1 aliphatic rings. The zero-order chi connectivity index (χ0) is 14.7. The van der Waals surface area contributed by atoms with Gasteiger partial charge in [-0.1, -0.05) is 23.8 Å². The molecule has 1 aromatic rings. The third-order valence-corrected chi connectivity index (χ3v) is 4.34. The molecule has 1 aliphatic heterocycles. The molecular formula is C17H26N2O. The number of piperidine rings is 1. The molecule has 0 aliphatic carbocycles. The second-order valence-corrected chi connectivity index (χ2v) is 6.21. The number of aryl methyl sites for hydroxylation is 2. The lowest BCUT2D eigenvalue weighted by molar-refractivity contribution is 0.0873. The summed E-state index contributed by atoms with van der Waals surface area (Å²) in [4.78, 5) is 17.0. The summed E-state index contributed by atoms with van der Waals surface area (Å²) in [5.41, 5.74) is 3.19. The predicted octanol–water partition coefficient (Wildman–Crippen LogP) is 2.51. The van der Waals surface area contributed by atoms with Gasteiger partial charge >= 0.3 is 0 Å². The number of hydrogen-bond acceptors (Lipinski definition) is 3. The van der Waals surface area contributed by atoms with Crippen molar-refractivity contribution in [2.24, 2.45) is 0 Å². The van der Waals surface area contributed by atoms with E-state index in [1.165, 1.54) is 5.56 Å². The Bertz CT molecular complexity index is 474. The van der Waals surface area contributed by atoms with Crippen molar-refractivity contribution in [3.05, 3.63) is 34.9 Å². The summed E-state index contributed by atoms with van der Waals surface area (Å²) in [6.07, 6.45) is 2.32. The normalized spacial score (nSPS) is 17.6. The molecule has 3 heteroatoms. The maximum atomic E-state index is 12.4. The highest BCUT2D eigenvalue weighted by atomic mass is 16.1. The van der Waals surface area contributed by atoms with Crippen molar-refractivity contribution in [1.82, 2.24) is 9.80 Å². The van der Waals surface area contributed by atoms with Crippen molar-refractivity contribution in [2.45, 2.75) is 32.7 Å². The monoisotopic (exact) mass is 274 g/mol. The summed E-state index contributed by atoms with van der Waals surface area (Å²) >= 11 is 0. The molecule has 0 N–H and O–H groups in total. The SMILES string of the molecule is Cc1ccc(C(=O)CN2CCC(N(C)C)CC2)c(C)c1. The Hall–Kier alpha value is -1.19. The smallest absolute Gasteiger partial charge is 0.177 e. The molecule has 1 heterocycles. The Labute approximate surface area is 122 Å². The molecule has 0 unspecified atom stereocenters. The van der Waals surface area contributed by atoms with Gasteiger partial charge in [0.25, 0.3) is 0 Å². The predicted molar refractivity (Wildman–Crippen MR) is 83.4 cm³/mol. The van der Waals surface area contributed by atoms with Gasteiger partial charge < -0.3 is 4.90 Å². The molecule has 2 rings (SSSR count). The molecule has 0 aromatic heterocycles. The largest absolute Gasteiger partial charge is 0.306 e. The van der Waals surface area contributed by atoms with E-state index < -0.39 is 0 Å². The van der Waals surface area contributed by atoms with E-state index >= 15 is 0 Å². The van der Waals surface area contributed by atoms with Gasteiger partial charge in [-0.3, -0.25) is 9.69 Å². The summed E-state index contributed by atoms with van der Waals surface area (Å²) in [6, 6.07) is 6.76. The van der Waals surface area contributed by atoms with E-state index in [1.807, 2.05) is 19.1 Å². The van der Waals surface area contributed by atoms with E-state index in [2.05, 4.69) is 36.9 Å². The molecule has 0 saturated carbocycles. The van der Waals surface area contributed by atoms with E-state index in [4.69, 9.17) is 0 Å². The fraction of sp³-hybridized carbons (Fsp3) is 0.588. The Morgan fingerprint density at radius 2 is 1.90 bits per heavy atom. The summed E-state index contributed by atoms with van der Waals surface area (Å²) in [5.74, 6) is 0.255. The van der Waals surface area contributed by atoms with Crippen LogP contribution in [0.3, 0.4) is 0 Å². The van der Waals surface area contributed by atoms with Crippen LogP contribution in [0.1, 0.15) is 34.3 Å². The minimum absolute atomic E-state index is 0.255. The van der Waals surface area contributed by atoms with Crippen LogP contribution in [0.5, 0.6) is 0 Å². The standard InChI is InChI=1S/C17H26N2O/c1-13-5-6-16(14(2)11-13)17(20)12-19-9-7-15(8-10-19)18(3)4/h5-6,11,15H,7-10,12H2,1-4H3. The van der Waals surface area contributed by atoms with Crippen molar-refractivity contribution < 1.29 is 4.79 Å². The Morgan fingerprint density at radius 1 is 1.25 bits per heavy atom. The molecular weight excluding hydrogens is 248 g/mol. The van der Waals surface area contributed by atoms with E-state index in [0.717, 1.165) is 37.1 Å². The van der Waals surface area contributed by atoms with E-state index in [-0.39, 0.29) is 5.78 Å². The Morgan fingerprint density at radius 3 is 2.45 bits per heavy atom. The highest BCUT2D eigenvalue weighted by molar-refractivity contribution is 5.98. The lowest BCUT2D eigenvalue weighted by Gasteiger charge is -2.34. The molecule has 1 fully saturated rings. The first-order chi connectivity index (χ1) is 9.47. The van der Waals surface area contributed by atoms with Gasteiger partial charge in [-0.25, -0.2) is 0 Å². The van der Waals surface area contributed by atoms with Crippen LogP contribution in [0.4, 0.5) is 0 Å². The second kappa shape index (κ2) is 6.51. The highest BCUT2D eigenvalue weighted by Crippen LogP contribution is 2.16. The van der Waals surface area contributed by atoms with Gasteiger partial charge in [0.1, 0.15) is 0 Å². The third-order valence-electron chi connectivity index (χ3n) is 4.34. The van der Waals surface area contributed by atoms with Crippen molar-refractivity contribution in [1.29, 1.82) is 0 Å². The Balaban J connectivity index is 1.92. The number of carbonyl (C=O) groups excluding carboxylic acids is 1. The summed E-state index contributed by atoms with van der Waals surface area (Å²) in [5, 5.41) is 0. The zero-order valence-electron chi connectivity index (χ0n) is 13.1. The number of benzene rings is 1. The Kier molecular flexibility index (Phi) is 4.95. The molecule has 0 amide bonds. The molecule has 0 spiro atoms. The van der Waals surface area contributed by atoms with Crippen LogP contribution in [0, 0.1) is 13.8 Å². The fourth-order valence-corrected chi connectivity index (χ4v) is 3.01. The van der Waals surface area contributed by atoms with Crippen molar-refractivity contribution in [3.8, 4) is 0 Å². The van der Waals surface area contributed by atoms with Crippen LogP contribution in [0.15, 0.2) is 18.2 Å². The number of hydrogen-bond donors (Lipinski definition) is 0. The lowest BCUT2D eigenvalue weighted by atomic mass is 10.00. The van der Waals surface area contributed by atoms with Crippen LogP contribution < -0.4 is 0 Å². The first-order valence-electron chi connectivity index (χ1n) is 7.46. The number of carbonyl (C=O) groups is 1. The van der Waals surface area contributed by atoms with Gasteiger partial charge in [-0.2, -0.15) is 0 Å². The lowest BCUT2D eigenvalue weighted by Crippen LogP contribution is -2.43. The number of likely N-dealkylation sites (tertiary alicyclic amines) is 1. The summed E-state index contributed by atoms with van der Waals surface area (Å²) in [7, 11) is 4.28. The van der Waals surface area contributed by atoms with Gasteiger partial charge in [-0.05, 0) is 46.3 Å². The first kappa shape index (κ1) is 15.2. The minimum atomic E-state index is 0.255. The average molecular weight is 274 g/mol. The summed E-state index contributed by atoms with van der Waals surface area (Å²) < 4.78 is 0. The maximum Gasteiger partial charge on any atom is 0.177 e. The molecule has 20 heavy (non-hydrogen) atoms. The molecule has 3 nitrogen and oxygen atoms in total. The van der Waals surface area contributed by atoms with Crippen LogP contribution >= 0.6 is 0 Å².